The highest BCUT2D eigenvalue weighted by molar-refractivity contribution is 6.48. The Kier molecular flexibility index (Phi) is 4.31. The van der Waals surface area contributed by atoms with Crippen LogP contribution in [0.5, 0.6) is 0 Å². The summed E-state index contributed by atoms with van der Waals surface area (Å²) in [4.78, 5) is 0. The highest BCUT2D eigenvalue weighted by atomic mass is 28.3. The van der Waals surface area contributed by atoms with Crippen LogP contribution in [0.2, 0.25) is 13.1 Å². The number of fused-ring (bicyclic) bond motifs is 3. The van der Waals surface area contributed by atoms with Gasteiger partial charge in [-0.3, -0.25) is 0 Å². The fourth-order valence-corrected chi connectivity index (χ4v) is 9.73. The van der Waals surface area contributed by atoms with Gasteiger partial charge in [0.1, 0.15) is 0 Å². The van der Waals surface area contributed by atoms with Gasteiger partial charge in [-0.05, 0) is 95.7 Å². The van der Waals surface area contributed by atoms with Crippen LogP contribution in [0.1, 0.15) is 57.6 Å². The molecule has 5 unspecified atom stereocenters. The van der Waals surface area contributed by atoms with Gasteiger partial charge >= 0.3 is 0 Å². The van der Waals surface area contributed by atoms with Crippen molar-refractivity contribution in [2.75, 3.05) is 0 Å². The minimum absolute atomic E-state index is 0.122. The second kappa shape index (κ2) is 6.68. The number of allylic oxidation sites excluding steroid dienone is 1. The van der Waals surface area contributed by atoms with E-state index in [4.69, 9.17) is 4.43 Å². The third kappa shape index (κ3) is 2.84. The third-order valence-electron chi connectivity index (χ3n) is 8.61. The van der Waals surface area contributed by atoms with Gasteiger partial charge in [-0.2, -0.15) is 0 Å². The lowest BCUT2D eigenvalue weighted by Crippen LogP contribution is -2.63. The number of hydrogen-bond donors (Lipinski definition) is 0. The summed E-state index contributed by atoms with van der Waals surface area (Å²) >= 11 is 0. The number of benzene rings is 2. The van der Waals surface area contributed by atoms with Crippen molar-refractivity contribution in [3.05, 3.63) is 65.2 Å². The first kappa shape index (κ1) is 20.0. The van der Waals surface area contributed by atoms with Crippen molar-refractivity contribution in [3.8, 4) is 11.1 Å². The van der Waals surface area contributed by atoms with Gasteiger partial charge in [0.15, 0.2) is 9.04 Å². The van der Waals surface area contributed by atoms with Gasteiger partial charge in [0.05, 0.1) is 5.60 Å². The highest BCUT2D eigenvalue weighted by Crippen LogP contribution is 2.68. The molecule has 2 heteroatoms. The maximum atomic E-state index is 7.06. The van der Waals surface area contributed by atoms with E-state index in [2.05, 4.69) is 82.4 Å². The first-order valence-electron chi connectivity index (χ1n) is 12.4. The summed E-state index contributed by atoms with van der Waals surface area (Å²) in [6, 6.07) is 18.3. The largest absolute Gasteiger partial charge is 0.415 e. The molecule has 7 rings (SSSR count). The van der Waals surface area contributed by atoms with Gasteiger partial charge in [-0.1, -0.05) is 74.9 Å². The average molecular weight is 429 g/mol. The molecule has 4 saturated carbocycles. The van der Waals surface area contributed by atoms with Crippen molar-refractivity contribution < 1.29 is 4.43 Å². The van der Waals surface area contributed by atoms with E-state index >= 15 is 0 Å². The van der Waals surface area contributed by atoms with Crippen molar-refractivity contribution in [2.45, 2.75) is 65.1 Å². The SMILES string of the molecule is C[SiH](C)OC12CC3CC(C1)C(=C1c4ccccc4-c4ccccc41)C(C3)C2C(C)(C)C. The Labute approximate surface area is 189 Å². The van der Waals surface area contributed by atoms with Crippen molar-refractivity contribution in [2.24, 2.45) is 29.1 Å². The van der Waals surface area contributed by atoms with E-state index in [1.54, 1.807) is 11.1 Å². The lowest BCUT2D eigenvalue weighted by atomic mass is 9.43. The highest BCUT2D eigenvalue weighted by Gasteiger charge is 2.63. The minimum atomic E-state index is -1.11. The molecular weight excluding hydrogens is 392 g/mol. The second-order valence-corrected chi connectivity index (χ2v) is 14.4. The molecule has 0 radical (unpaired) electrons. The molecule has 5 atom stereocenters. The second-order valence-electron chi connectivity index (χ2n) is 12.0. The van der Waals surface area contributed by atoms with Gasteiger partial charge in [-0.15, -0.1) is 0 Å². The molecular formula is C29H36OSi. The van der Waals surface area contributed by atoms with Crippen LogP contribution in [0.15, 0.2) is 54.1 Å². The van der Waals surface area contributed by atoms with Crippen LogP contribution in [0.4, 0.5) is 0 Å². The molecule has 162 valence electrons. The topological polar surface area (TPSA) is 9.23 Å². The Morgan fingerprint density at radius 3 is 1.97 bits per heavy atom. The summed E-state index contributed by atoms with van der Waals surface area (Å²) in [7, 11) is -1.11. The first-order valence-corrected chi connectivity index (χ1v) is 15.2. The summed E-state index contributed by atoms with van der Waals surface area (Å²) in [6.45, 7) is 12.2. The monoisotopic (exact) mass is 428 g/mol. The molecule has 4 bridgehead atoms. The molecule has 0 N–H and O–H groups in total. The zero-order valence-electron chi connectivity index (χ0n) is 19.7. The standard InChI is InChI=1S/C29H36OSi/c1-28(2,3)27-24-15-18-14-19(17-29(27,16-18)30-31(4)5)25(24)26-22-12-8-6-10-20(22)21-11-7-9-13-23(21)26/h6-13,18-19,24,27,31H,14-17H2,1-5H3. The van der Waals surface area contributed by atoms with Crippen molar-refractivity contribution in [1.82, 2.24) is 0 Å². The minimum Gasteiger partial charge on any atom is -0.415 e. The van der Waals surface area contributed by atoms with Crippen molar-refractivity contribution in [1.29, 1.82) is 0 Å². The van der Waals surface area contributed by atoms with E-state index in [0.717, 1.165) is 5.92 Å². The molecule has 1 nitrogen and oxygen atoms in total. The number of rotatable bonds is 2. The van der Waals surface area contributed by atoms with Crippen LogP contribution in [-0.4, -0.2) is 14.6 Å². The summed E-state index contributed by atoms with van der Waals surface area (Å²) in [5, 5.41) is 0. The Hall–Kier alpha value is -1.64. The summed E-state index contributed by atoms with van der Waals surface area (Å²) in [5.74, 6) is 2.82. The van der Waals surface area contributed by atoms with E-state index in [0.29, 0.717) is 17.8 Å². The van der Waals surface area contributed by atoms with E-state index in [-0.39, 0.29) is 11.0 Å². The summed E-state index contributed by atoms with van der Waals surface area (Å²) in [5.41, 5.74) is 9.58. The van der Waals surface area contributed by atoms with Crippen LogP contribution < -0.4 is 0 Å². The molecule has 0 spiro atoms. The zero-order valence-corrected chi connectivity index (χ0v) is 20.9. The molecule has 5 aliphatic carbocycles. The lowest BCUT2D eigenvalue weighted by Gasteiger charge is -2.66. The molecule has 31 heavy (non-hydrogen) atoms. The molecule has 5 aliphatic rings. The van der Waals surface area contributed by atoms with Gasteiger partial charge in [0, 0.05) is 0 Å². The van der Waals surface area contributed by atoms with E-state index in [9.17, 15) is 0 Å². The molecule has 0 amide bonds. The van der Waals surface area contributed by atoms with Crippen LogP contribution in [0.25, 0.3) is 16.7 Å². The Balaban J connectivity index is 1.60. The summed E-state index contributed by atoms with van der Waals surface area (Å²) < 4.78 is 7.06. The molecule has 2 aromatic rings. The lowest BCUT2D eigenvalue weighted by molar-refractivity contribution is -0.165. The van der Waals surface area contributed by atoms with E-state index in [1.165, 1.54) is 47.9 Å². The first-order chi connectivity index (χ1) is 14.8. The number of hydrogen-bond acceptors (Lipinski definition) is 1. The Morgan fingerprint density at radius 1 is 0.839 bits per heavy atom. The Bertz CT molecular complexity index is 1020. The maximum absolute atomic E-state index is 7.06. The van der Waals surface area contributed by atoms with Crippen LogP contribution in [0, 0.1) is 29.1 Å². The molecule has 0 heterocycles. The van der Waals surface area contributed by atoms with Gasteiger partial charge in [0.25, 0.3) is 0 Å². The smallest absolute Gasteiger partial charge is 0.171 e. The van der Waals surface area contributed by atoms with Crippen LogP contribution >= 0.6 is 0 Å². The predicted molar refractivity (Wildman–Crippen MR) is 132 cm³/mol. The quantitative estimate of drug-likeness (QED) is 0.389. The van der Waals surface area contributed by atoms with Crippen LogP contribution in [0.3, 0.4) is 0 Å². The predicted octanol–water partition coefficient (Wildman–Crippen LogP) is 7.32. The molecule has 0 aliphatic heterocycles. The van der Waals surface area contributed by atoms with Gasteiger partial charge in [-0.25, -0.2) is 0 Å². The zero-order chi connectivity index (χ0) is 21.5. The molecule has 0 saturated heterocycles. The van der Waals surface area contributed by atoms with Crippen molar-refractivity contribution >= 4 is 14.6 Å². The fraction of sp³-hybridized carbons (Fsp3) is 0.517. The van der Waals surface area contributed by atoms with Crippen molar-refractivity contribution in [3.63, 3.8) is 0 Å². The van der Waals surface area contributed by atoms with E-state index < -0.39 is 9.04 Å². The van der Waals surface area contributed by atoms with Gasteiger partial charge in [0.2, 0.25) is 0 Å². The third-order valence-corrected chi connectivity index (χ3v) is 9.56. The Morgan fingerprint density at radius 2 is 1.42 bits per heavy atom. The summed E-state index contributed by atoms with van der Waals surface area (Å²) in [6.07, 6.45) is 5.30. The normalized spacial score (nSPS) is 33.2. The van der Waals surface area contributed by atoms with Crippen LogP contribution in [-0.2, 0) is 4.43 Å². The van der Waals surface area contributed by atoms with Gasteiger partial charge < -0.3 is 4.43 Å². The maximum Gasteiger partial charge on any atom is 0.171 e. The molecule has 2 aromatic carbocycles. The average Bonchev–Trinajstić information content (AvgIpc) is 3.00. The molecule has 4 fully saturated rings. The molecule has 0 aromatic heterocycles. The van der Waals surface area contributed by atoms with E-state index in [1.807, 2.05) is 0 Å². The fourth-order valence-electron chi connectivity index (χ4n) is 8.45.